The maximum Gasteiger partial charge on any atom is 0.264 e. The van der Waals surface area contributed by atoms with Gasteiger partial charge in [-0.25, -0.2) is 4.39 Å². The van der Waals surface area contributed by atoms with Crippen LogP contribution in [0.4, 0.5) is 4.39 Å². The maximum atomic E-state index is 13.3. The average Bonchev–Trinajstić information content (AvgIpc) is 3.25. The number of amides is 1. The van der Waals surface area contributed by atoms with Gasteiger partial charge >= 0.3 is 0 Å². The summed E-state index contributed by atoms with van der Waals surface area (Å²) in [5.74, 6) is 0.0212. The van der Waals surface area contributed by atoms with Gasteiger partial charge < -0.3 is 4.90 Å². The largest absolute Gasteiger partial charge is 0.332 e. The summed E-state index contributed by atoms with van der Waals surface area (Å²) in [7, 11) is 0. The van der Waals surface area contributed by atoms with Crippen LogP contribution in [-0.4, -0.2) is 51.3 Å². The minimum absolute atomic E-state index is 0.0212. The number of aryl methyl sites for hydroxylation is 1. The van der Waals surface area contributed by atoms with Gasteiger partial charge in [0.25, 0.3) is 5.91 Å². The van der Waals surface area contributed by atoms with Gasteiger partial charge in [0.15, 0.2) is 0 Å². The third-order valence-corrected chi connectivity index (χ3v) is 5.96. The van der Waals surface area contributed by atoms with Crippen molar-refractivity contribution in [3.05, 3.63) is 38.8 Å². The highest BCUT2D eigenvalue weighted by Crippen LogP contribution is 2.25. The van der Waals surface area contributed by atoms with Gasteiger partial charge in [-0.05, 0) is 31.0 Å². The molecule has 1 atom stereocenters. The van der Waals surface area contributed by atoms with E-state index in [9.17, 15) is 9.18 Å². The van der Waals surface area contributed by atoms with E-state index < -0.39 is 6.17 Å². The summed E-state index contributed by atoms with van der Waals surface area (Å²) in [5.41, 5.74) is 2.00. The molecule has 1 amide bonds. The quantitative estimate of drug-likeness (QED) is 0.818. The number of hydrogen-bond acceptors (Lipinski definition) is 4. The van der Waals surface area contributed by atoms with Gasteiger partial charge in [-0.15, -0.1) is 11.3 Å². The SMILES string of the molecule is O=C(c1ccc(Cl)s1)N1CCCn2nc(CN3CC[C@H](F)C3)cc2C1. The van der Waals surface area contributed by atoms with E-state index in [1.165, 1.54) is 11.3 Å². The van der Waals surface area contributed by atoms with E-state index >= 15 is 0 Å². The molecule has 2 aromatic rings. The highest BCUT2D eigenvalue weighted by molar-refractivity contribution is 7.17. The maximum absolute atomic E-state index is 13.3. The Morgan fingerprint density at radius 3 is 2.96 bits per heavy atom. The van der Waals surface area contributed by atoms with Crippen molar-refractivity contribution < 1.29 is 9.18 Å². The molecule has 0 saturated carbocycles. The number of likely N-dealkylation sites (tertiary alicyclic amines) is 1. The smallest absolute Gasteiger partial charge is 0.264 e. The third kappa shape index (κ3) is 3.73. The van der Waals surface area contributed by atoms with Crippen LogP contribution in [0.25, 0.3) is 0 Å². The van der Waals surface area contributed by atoms with Crippen LogP contribution in [0.5, 0.6) is 0 Å². The fraction of sp³-hybridized carbons (Fsp3) is 0.529. The van der Waals surface area contributed by atoms with Gasteiger partial charge in [-0.1, -0.05) is 11.6 Å². The highest BCUT2D eigenvalue weighted by atomic mass is 35.5. The van der Waals surface area contributed by atoms with Crippen LogP contribution in [0, 0.1) is 0 Å². The van der Waals surface area contributed by atoms with E-state index in [1.807, 2.05) is 9.58 Å². The highest BCUT2D eigenvalue weighted by Gasteiger charge is 2.25. The molecule has 5 nitrogen and oxygen atoms in total. The Kier molecular flexibility index (Phi) is 4.80. The number of fused-ring (bicyclic) bond motifs is 1. The first-order chi connectivity index (χ1) is 12.1. The van der Waals surface area contributed by atoms with Crippen LogP contribution in [0.15, 0.2) is 18.2 Å². The first-order valence-electron chi connectivity index (χ1n) is 8.55. The van der Waals surface area contributed by atoms with E-state index in [2.05, 4.69) is 16.1 Å². The second kappa shape index (κ2) is 7.05. The molecule has 134 valence electrons. The Hall–Kier alpha value is -1.44. The van der Waals surface area contributed by atoms with Crippen molar-refractivity contribution in [1.82, 2.24) is 19.6 Å². The number of hydrogen-bond donors (Lipinski definition) is 0. The number of carbonyl (C=O) groups excluding carboxylic acids is 1. The van der Waals surface area contributed by atoms with Crippen molar-refractivity contribution in [1.29, 1.82) is 0 Å². The lowest BCUT2D eigenvalue weighted by atomic mass is 10.3. The van der Waals surface area contributed by atoms with Crippen molar-refractivity contribution in [2.24, 2.45) is 0 Å². The summed E-state index contributed by atoms with van der Waals surface area (Å²) in [6.07, 6.45) is 0.764. The predicted molar refractivity (Wildman–Crippen MR) is 95.7 cm³/mol. The van der Waals surface area contributed by atoms with Crippen LogP contribution in [0.2, 0.25) is 4.34 Å². The number of nitrogens with zero attached hydrogens (tertiary/aromatic N) is 4. The second-order valence-corrected chi connectivity index (χ2v) is 8.37. The van der Waals surface area contributed by atoms with E-state index in [0.717, 1.165) is 30.9 Å². The molecule has 2 aliphatic heterocycles. The van der Waals surface area contributed by atoms with Gasteiger partial charge in [0.2, 0.25) is 0 Å². The molecular weight excluding hydrogens is 363 g/mol. The topological polar surface area (TPSA) is 41.4 Å². The zero-order chi connectivity index (χ0) is 17.4. The van der Waals surface area contributed by atoms with Gasteiger partial charge in [0.05, 0.1) is 27.1 Å². The zero-order valence-corrected chi connectivity index (χ0v) is 15.4. The molecule has 25 heavy (non-hydrogen) atoms. The molecule has 2 aromatic heterocycles. The zero-order valence-electron chi connectivity index (χ0n) is 13.8. The number of aromatic nitrogens is 2. The monoisotopic (exact) mass is 382 g/mol. The molecular formula is C17H20ClFN4OS. The normalized spacial score (nSPS) is 21.4. The van der Waals surface area contributed by atoms with Crippen LogP contribution in [0.1, 0.15) is 33.9 Å². The van der Waals surface area contributed by atoms with Crippen LogP contribution in [-0.2, 0) is 19.6 Å². The van der Waals surface area contributed by atoms with Crippen LogP contribution >= 0.6 is 22.9 Å². The second-order valence-electron chi connectivity index (χ2n) is 6.66. The summed E-state index contributed by atoms with van der Waals surface area (Å²) in [5, 5.41) is 4.67. The number of alkyl halides is 1. The number of carbonyl (C=O) groups is 1. The molecule has 4 heterocycles. The molecule has 0 N–H and O–H groups in total. The standard InChI is InChI=1S/C17H20ClFN4OS/c18-16-3-2-15(25-16)17(24)22-5-1-6-23-14(11-22)8-13(20-23)10-21-7-4-12(19)9-21/h2-3,8,12H,1,4-7,9-11H2/t12-/m0/s1. The molecule has 4 rings (SSSR count). The Morgan fingerprint density at radius 2 is 2.24 bits per heavy atom. The number of halogens is 2. The van der Waals surface area contributed by atoms with Gasteiger partial charge in [-0.2, -0.15) is 5.10 Å². The molecule has 0 radical (unpaired) electrons. The minimum atomic E-state index is -0.717. The lowest BCUT2D eigenvalue weighted by Crippen LogP contribution is -2.30. The molecule has 0 unspecified atom stereocenters. The fourth-order valence-electron chi connectivity index (χ4n) is 3.52. The molecule has 1 saturated heterocycles. The molecule has 2 aliphatic rings. The van der Waals surface area contributed by atoms with Crippen molar-refractivity contribution in [2.75, 3.05) is 19.6 Å². The van der Waals surface area contributed by atoms with E-state index in [4.69, 9.17) is 11.6 Å². The van der Waals surface area contributed by atoms with E-state index in [0.29, 0.717) is 41.8 Å². The lowest BCUT2D eigenvalue weighted by Gasteiger charge is -2.19. The van der Waals surface area contributed by atoms with Gasteiger partial charge in [0, 0.05) is 32.7 Å². The Bertz CT molecular complexity index is 777. The lowest BCUT2D eigenvalue weighted by molar-refractivity contribution is 0.0750. The first kappa shape index (κ1) is 17.0. The predicted octanol–water partition coefficient (Wildman–Crippen LogP) is 3.19. The molecule has 0 spiro atoms. The fourth-order valence-corrected chi connectivity index (χ4v) is 4.53. The number of thiophene rings is 1. The van der Waals surface area contributed by atoms with Crippen molar-refractivity contribution in [2.45, 2.75) is 38.6 Å². The molecule has 0 aliphatic carbocycles. The molecule has 1 fully saturated rings. The summed E-state index contributed by atoms with van der Waals surface area (Å²) in [6, 6.07) is 5.59. The Labute approximate surface area is 155 Å². The van der Waals surface area contributed by atoms with Gasteiger partial charge in [0.1, 0.15) is 6.17 Å². The summed E-state index contributed by atoms with van der Waals surface area (Å²) < 4.78 is 16.0. The average molecular weight is 383 g/mol. The van der Waals surface area contributed by atoms with Crippen molar-refractivity contribution >= 4 is 28.8 Å². The Balaban J connectivity index is 1.47. The summed E-state index contributed by atoms with van der Waals surface area (Å²) >= 11 is 7.27. The molecule has 8 heteroatoms. The molecule has 0 aromatic carbocycles. The summed E-state index contributed by atoms with van der Waals surface area (Å²) in [4.78, 5) is 17.3. The van der Waals surface area contributed by atoms with Crippen molar-refractivity contribution in [3.63, 3.8) is 0 Å². The van der Waals surface area contributed by atoms with Gasteiger partial charge in [-0.3, -0.25) is 14.4 Å². The minimum Gasteiger partial charge on any atom is -0.332 e. The third-order valence-electron chi connectivity index (χ3n) is 4.74. The van der Waals surface area contributed by atoms with Crippen LogP contribution < -0.4 is 0 Å². The molecule has 0 bridgehead atoms. The summed E-state index contributed by atoms with van der Waals surface area (Å²) in [6.45, 7) is 4.01. The number of rotatable bonds is 3. The van der Waals surface area contributed by atoms with E-state index in [-0.39, 0.29) is 5.91 Å². The first-order valence-corrected chi connectivity index (χ1v) is 9.74. The Morgan fingerprint density at radius 1 is 1.36 bits per heavy atom. The van der Waals surface area contributed by atoms with E-state index in [1.54, 1.807) is 12.1 Å². The van der Waals surface area contributed by atoms with Crippen LogP contribution in [0.3, 0.4) is 0 Å². The van der Waals surface area contributed by atoms with Crippen molar-refractivity contribution in [3.8, 4) is 0 Å².